The van der Waals surface area contributed by atoms with Gasteiger partial charge in [-0.2, -0.15) is 0 Å². The topological polar surface area (TPSA) is 70.7 Å². The number of rotatable bonds is 9. The maximum absolute atomic E-state index is 14.1. The molecule has 32 heavy (non-hydrogen) atoms. The van der Waals surface area contributed by atoms with Crippen molar-refractivity contribution >= 4 is 29.1 Å². The highest BCUT2D eigenvalue weighted by Gasteiger charge is 2.26. The first kappa shape index (κ1) is 24.2. The lowest BCUT2D eigenvalue weighted by Gasteiger charge is -2.31. The molecule has 2 amide bonds. The van der Waals surface area contributed by atoms with Gasteiger partial charge < -0.3 is 15.4 Å². The van der Waals surface area contributed by atoms with E-state index < -0.39 is 0 Å². The van der Waals surface area contributed by atoms with Crippen LogP contribution in [0.15, 0.2) is 42.5 Å². The number of hydrogen-bond acceptors (Lipinski definition) is 4. The minimum absolute atomic E-state index is 0.104. The summed E-state index contributed by atoms with van der Waals surface area (Å²) in [6, 6.07) is 11.7. The predicted octanol–water partition coefficient (Wildman–Crippen LogP) is 4.10. The summed E-state index contributed by atoms with van der Waals surface area (Å²) in [7, 11) is 1.62. The average Bonchev–Trinajstić information content (AvgIpc) is 2.80. The Balaban J connectivity index is 1.53. The fourth-order valence-corrected chi connectivity index (χ4v) is 4.02. The number of piperidine rings is 1. The number of nitrogens with zero attached hydrogens (tertiary/aromatic N) is 1. The summed E-state index contributed by atoms with van der Waals surface area (Å²) in [6.07, 6.45) is 2.03. The van der Waals surface area contributed by atoms with Gasteiger partial charge in [0, 0.05) is 43.3 Å². The zero-order chi connectivity index (χ0) is 22.9. The lowest BCUT2D eigenvalue weighted by atomic mass is 9.95. The molecule has 0 aliphatic carbocycles. The van der Waals surface area contributed by atoms with Crippen molar-refractivity contribution in [2.24, 2.45) is 5.92 Å². The Morgan fingerprint density at radius 1 is 1.16 bits per heavy atom. The molecule has 2 aromatic carbocycles. The van der Waals surface area contributed by atoms with Crippen LogP contribution in [-0.2, 0) is 16.1 Å². The van der Waals surface area contributed by atoms with Crippen molar-refractivity contribution in [3.63, 3.8) is 0 Å². The first-order valence-corrected chi connectivity index (χ1v) is 11.2. The molecule has 6 nitrogen and oxygen atoms in total. The minimum atomic E-state index is -0.311. The van der Waals surface area contributed by atoms with Gasteiger partial charge in [-0.1, -0.05) is 29.8 Å². The molecule has 172 valence electrons. The van der Waals surface area contributed by atoms with Crippen LogP contribution in [0, 0.1) is 11.7 Å². The monoisotopic (exact) mass is 461 g/mol. The van der Waals surface area contributed by atoms with Crippen molar-refractivity contribution in [1.82, 2.24) is 10.2 Å². The van der Waals surface area contributed by atoms with E-state index in [1.54, 1.807) is 43.5 Å². The Hall–Kier alpha value is -2.48. The number of benzene rings is 2. The van der Waals surface area contributed by atoms with Gasteiger partial charge in [0.1, 0.15) is 5.82 Å². The summed E-state index contributed by atoms with van der Waals surface area (Å²) in [6.45, 7) is 2.83. The van der Waals surface area contributed by atoms with Gasteiger partial charge in [0.2, 0.25) is 5.91 Å². The molecule has 0 spiro atoms. The van der Waals surface area contributed by atoms with Crippen molar-refractivity contribution in [1.29, 1.82) is 0 Å². The molecule has 0 bridgehead atoms. The second-order valence-electron chi connectivity index (χ2n) is 7.89. The van der Waals surface area contributed by atoms with Crippen molar-refractivity contribution in [3.05, 3.63) is 64.4 Å². The summed E-state index contributed by atoms with van der Waals surface area (Å²) in [5.41, 5.74) is 1.43. The van der Waals surface area contributed by atoms with Crippen LogP contribution in [0.25, 0.3) is 0 Å². The molecule has 0 saturated carbocycles. The van der Waals surface area contributed by atoms with Crippen LogP contribution in [0.5, 0.6) is 0 Å². The molecule has 2 aromatic rings. The number of amides is 2. The molecule has 1 aliphatic heterocycles. The van der Waals surface area contributed by atoms with E-state index >= 15 is 0 Å². The van der Waals surface area contributed by atoms with Gasteiger partial charge in [0.25, 0.3) is 5.91 Å². The highest BCUT2D eigenvalue weighted by atomic mass is 35.5. The van der Waals surface area contributed by atoms with Crippen molar-refractivity contribution in [3.8, 4) is 0 Å². The number of ether oxygens (including phenoxy) is 1. The molecule has 0 aromatic heterocycles. The molecule has 0 unspecified atom stereocenters. The second-order valence-corrected chi connectivity index (χ2v) is 8.29. The molecular formula is C24H29ClFN3O3. The van der Waals surface area contributed by atoms with E-state index in [2.05, 4.69) is 15.5 Å². The van der Waals surface area contributed by atoms with Crippen LogP contribution in [0.3, 0.4) is 0 Å². The van der Waals surface area contributed by atoms with E-state index in [0.29, 0.717) is 73.9 Å². The Morgan fingerprint density at radius 2 is 1.91 bits per heavy atom. The van der Waals surface area contributed by atoms with Crippen LogP contribution in [0.1, 0.15) is 35.2 Å². The first-order chi connectivity index (χ1) is 15.5. The molecule has 3 rings (SSSR count). The van der Waals surface area contributed by atoms with Crippen molar-refractivity contribution < 1.29 is 18.7 Å². The number of hydrogen-bond donors (Lipinski definition) is 2. The number of carbonyl (C=O) groups excluding carboxylic acids is 2. The maximum atomic E-state index is 14.1. The number of nitrogens with one attached hydrogen (secondary N) is 2. The zero-order valence-corrected chi connectivity index (χ0v) is 19.0. The summed E-state index contributed by atoms with van der Waals surface area (Å²) in [4.78, 5) is 27.5. The molecule has 8 heteroatoms. The van der Waals surface area contributed by atoms with Crippen LogP contribution in [-0.4, -0.2) is 50.1 Å². The van der Waals surface area contributed by atoms with Crippen LogP contribution in [0.2, 0.25) is 5.02 Å². The molecule has 2 N–H and O–H groups in total. The number of methoxy groups -OCH3 is 1. The maximum Gasteiger partial charge on any atom is 0.253 e. The number of anilines is 1. The van der Waals surface area contributed by atoms with Crippen LogP contribution < -0.4 is 10.6 Å². The number of halogens is 2. The highest BCUT2D eigenvalue weighted by molar-refractivity contribution is 6.31. The Labute approximate surface area is 193 Å². The lowest BCUT2D eigenvalue weighted by Crippen LogP contribution is -2.38. The Kier molecular flexibility index (Phi) is 9.02. The molecule has 1 heterocycles. The van der Waals surface area contributed by atoms with Crippen molar-refractivity contribution in [2.75, 3.05) is 38.7 Å². The SMILES string of the molecule is COCCCNC(=O)c1ccccc1NC(=O)C1CCN(Cc2c(F)cccc2Cl)CC1. The van der Waals surface area contributed by atoms with Gasteiger partial charge in [0.05, 0.1) is 11.3 Å². The summed E-state index contributed by atoms with van der Waals surface area (Å²) >= 11 is 6.14. The molecule has 0 radical (unpaired) electrons. The third-order valence-electron chi connectivity index (χ3n) is 5.64. The largest absolute Gasteiger partial charge is 0.385 e. The third-order valence-corrected chi connectivity index (χ3v) is 6.00. The summed E-state index contributed by atoms with van der Waals surface area (Å²) < 4.78 is 19.0. The molecule has 1 aliphatic rings. The average molecular weight is 462 g/mol. The molecular weight excluding hydrogens is 433 g/mol. The van der Waals surface area contributed by atoms with Gasteiger partial charge in [-0.15, -0.1) is 0 Å². The normalized spacial score (nSPS) is 14.8. The number of para-hydroxylation sites is 1. The number of likely N-dealkylation sites (tertiary alicyclic amines) is 1. The van der Waals surface area contributed by atoms with Gasteiger partial charge in [-0.05, 0) is 56.6 Å². The van der Waals surface area contributed by atoms with E-state index in [0.717, 1.165) is 0 Å². The fraction of sp³-hybridized carbons (Fsp3) is 0.417. The Bertz CT molecular complexity index is 912. The standard InChI is InChI=1S/C24H29ClFN3O3/c1-32-15-5-12-27-24(31)18-6-2-3-9-22(18)28-23(30)17-10-13-29(14-11-17)16-19-20(25)7-4-8-21(19)26/h2-4,6-9,17H,5,10-16H2,1H3,(H,27,31)(H,28,30). The Morgan fingerprint density at radius 3 is 2.62 bits per heavy atom. The van der Waals surface area contributed by atoms with Gasteiger partial charge in [-0.25, -0.2) is 4.39 Å². The molecule has 1 saturated heterocycles. The second kappa shape index (κ2) is 11.9. The zero-order valence-electron chi connectivity index (χ0n) is 18.2. The van der Waals surface area contributed by atoms with E-state index in [1.807, 2.05) is 0 Å². The fourth-order valence-electron chi connectivity index (χ4n) is 3.80. The van der Waals surface area contributed by atoms with E-state index in [4.69, 9.17) is 16.3 Å². The lowest BCUT2D eigenvalue weighted by molar-refractivity contribution is -0.121. The van der Waals surface area contributed by atoms with E-state index in [-0.39, 0.29) is 23.5 Å². The van der Waals surface area contributed by atoms with Crippen molar-refractivity contribution in [2.45, 2.75) is 25.8 Å². The highest BCUT2D eigenvalue weighted by Crippen LogP contribution is 2.25. The first-order valence-electron chi connectivity index (χ1n) is 10.8. The third kappa shape index (κ3) is 6.51. The van der Waals surface area contributed by atoms with Crippen LogP contribution >= 0.6 is 11.6 Å². The summed E-state index contributed by atoms with van der Waals surface area (Å²) in [5, 5.41) is 6.19. The summed E-state index contributed by atoms with van der Waals surface area (Å²) in [5.74, 6) is -0.809. The van der Waals surface area contributed by atoms with Gasteiger partial charge in [0.15, 0.2) is 0 Å². The quantitative estimate of drug-likeness (QED) is 0.552. The van der Waals surface area contributed by atoms with Gasteiger partial charge >= 0.3 is 0 Å². The predicted molar refractivity (Wildman–Crippen MR) is 123 cm³/mol. The van der Waals surface area contributed by atoms with Crippen LogP contribution in [0.4, 0.5) is 10.1 Å². The minimum Gasteiger partial charge on any atom is -0.385 e. The molecule has 0 atom stereocenters. The smallest absolute Gasteiger partial charge is 0.253 e. The van der Waals surface area contributed by atoms with E-state index in [9.17, 15) is 14.0 Å². The number of carbonyl (C=O) groups is 2. The van der Waals surface area contributed by atoms with Gasteiger partial charge in [-0.3, -0.25) is 14.5 Å². The van der Waals surface area contributed by atoms with E-state index in [1.165, 1.54) is 6.07 Å². The molecule has 1 fully saturated rings.